The van der Waals surface area contributed by atoms with Crippen LogP contribution in [-0.4, -0.2) is 46.7 Å². The van der Waals surface area contributed by atoms with Gasteiger partial charge in [-0.1, -0.05) is 24.3 Å². The van der Waals surface area contributed by atoms with Gasteiger partial charge in [-0.3, -0.25) is 15.0 Å². The van der Waals surface area contributed by atoms with Gasteiger partial charge in [0.1, 0.15) is 5.84 Å². The number of benzene rings is 1. The highest BCUT2D eigenvalue weighted by molar-refractivity contribution is 6.09. The molecule has 1 aromatic rings. The van der Waals surface area contributed by atoms with E-state index in [-0.39, 0.29) is 18.3 Å². The maximum atomic E-state index is 12.1. The number of hydrogen-bond donors (Lipinski definition) is 6. The zero-order valence-electron chi connectivity index (χ0n) is 14.1. The normalized spacial score (nSPS) is 29.5. The van der Waals surface area contributed by atoms with E-state index in [0.717, 1.165) is 5.56 Å². The summed E-state index contributed by atoms with van der Waals surface area (Å²) in [5, 5.41) is 18.7. The fourth-order valence-corrected chi connectivity index (χ4v) is 2.86. The first kappa shape index (κ1) is 18.8. The van der Waals surface area contributed by atoms with E-state index in [1.807, 2.05) is 12.1 Å². The van der Waals surface area contributed by atoms with Crippen molar-refractivity contribution < 1.29 is 29.1 Å². The molecule has 0 aromatic heterocycles. The molecule has 2 heterocycles. The van der Waals surface area contributed by atoms with Gasteiger partial charge in [0.2, 0.25) is 12.1 Å². The molecule has 0 radical (unpaired) electrons. The average molecular weight is 377 g/mol. The molecular weight excluding hydrogens is 358 g/mol. The van der Waals surface area contributed by atoms with Gasteiger partial charge in [-0.15, -0.1) is 0 Å². The molecule has 1 aromatic carbocycles. The smallest absolute Gasteiger partial charge is 0.345 e. The molecule has 3 rings (SSSR count). The Kier molecular flexibility index (Phi) is 4.83. The first-order valence-electron chi connectivity index (χ1n) is 8.10. The summed E-state index contributed by atoms with van der Waals surface area (Å²) in [6.45, 7) is 0. The van der Waals surface area contributed by atoms with E-state index in [9.17, 15) is 14.4 Å². The van der Waals surface area contributed by atoms with Gasteiger partial charge in [0, 0.05) is 5.56 Å². The number of aliphatic carboxylic acids is 1. The molecule has 0 spiro atoms. The van der Waals surface area contributed by atoms with Crippen LogP contribution >= 0.6 is 0 Å². The molecule has 27 heavy (non-hydrogen) atoms. The fourth-order valence-electron chi connectivity index (χ4n) is 2.86. The first-order chi connectivity index (χ1) is 12.7. The van der Waals surface area contributed by atoms with Crippen LogP contribution < -0.4 is 22.3 Å². The Balaban J connectivity index is 1.52. The molecular formula is C16H19N5O6. The van der Waals surface area contributed by atoms with Gasteiger partial charge in [0.05, 0.1) is 18.6 Å². The summed E-state index contributed by atoms with van der Waals surface area (Å²) in [5.74, 6) is -3.26. The summed E-state index contributed by atoms with van der Waals surface area (Å²) >= 11 is 0. The summed E-state index contributed by atoms with van der Waals surface area (Å²) < 4.78 is 4.61. The van der Waals surface area contributed by atoms with E-state index >= 15 is 0 Å². The van der Waals surface area contributed by atoms with Crippen LogP contribution in [0.2, 0.25) is 0 Å². The van der Waals surface area contributed by atoms with E-state index in [2.05, 4.69) is 15.5 Å². The minimum absolute atomic E-state index is 0.0271. The average Bonchev–Trinajstić information content (AvgIpc) is 3.09. The molecule has 2 fully saturated rings. The molecule has 0 bridgehead atoms. The lowest BCUT2D eigenvalue weighted by atomic mass is 9.93. The molecule has 8 N–H and O–H groups in total. The Bertz CT molecular complexity index is 787. The van der Waals surface area contributed by atoms with Crippen LogP contribution in [0.15, 0.2) is 24.3 Å². The topological polar surface area (TPSA) is 190 Å². The molecule has 11 heteroatoms. The van der Waals surface area contributed by atoms with Gasteiger partial charge in [-0.2, -0.15) is 5.48 Å². The number of hydroxylamine groups is 1. The number of hydrogen-bond acceptors (Lipinski definition) is 8. The number of nitrogens with two attached hydrogens (primary N) is 2. The molecule has 2 aliphatic heterocycles. The van der Waals surface area contributed by atoms with E-state index in [4.69, 9.17) is 26.8 Å². The Hall–Kier alpha value is -3.02. The number of ether oxygens (including phenoxy) is 1. The van der Waals surface area contributed by atoms with Crippen molar-refractivity contribution in [2.45, 2.75) is 36.8 Å². The largest absolute Gasteiger partial charge is 0.479 e. The zero-order valence-corrected chi connectivity index (χ0v) is 14.1. The second-order valence-corrected chi connectivity index (χ2v) is 6.41. The number of carbonyl (C=O) groups is 3. The van der Waals surface area contributed by atoms with Crippen molar-refractivity contribution in [1.82, 2.24) is 10.8 Å². The number of nitrogens with one attached hydrogen (secondary N) is 3. The standard InChI is InChI=1S/C16H19N5O6/c17-12(18)8-3-1-7(2-4-8)10-5-9(27-21-10)6-11(22)20-13-16(19,14(23)24)15(25)26-13/h1-4,9-10,13,21H,5-6,19H2,(H3,17,18)(H,20,22)(H,23,24)/t9-,10?,13-,16?/m0/s1. The van der Waals surface area contributed by atoms with Crippen LogP contribution in [0, 0.1) is 5.41 Å². The summed E-state index contributed by atoms with van der Waals surface area (Å²) in [7, 11) is 0. The van der Waals surface area contributed by atoms with Gasteiger partial charge < -0.3 is 26.6 Å². The minimum atomic E-state index is -2.27. The lowest BCUT2D eigenvalue weighted by Crippen LogP contribution is -2.77. The van der Waals surface area contributed by atoms with E-state index < -0.39 is 35.7 Å². The summed E-state index contributed by atoms with van der Waals surface area (Å²) in [5.41, 5.74) is 13.0. The lowest BCUT2D eigenvalue weighted by Gasteiger charge is -2.40. The van der Waals surface area contributed by atoms with Gasteiger partial charge >= 0.3 is 11.9 Å². The Morgan fingerprint density at radius 1 is 1.37 bits per heavy atom. The lowest BCUT2D eigenvalue weighted by molar-refractivity contribution is -0.201. The van der Waals surface area contributed by atoms with Crippen molar-refractivity contribution in [1.29, 1.82) is 5.41 Å². The molecule has 4 atom stereocenters. The van der Waals surface area contributed by atoms with E-state index in [1.54, 1.807) is 12.1 Å². The predicted molar refractivity (Wildman–Crippen MR) is 90.0 cm³/mol. The minimum Gasteiger partial charge on any atom is -0.479 e. The highest BCUT2D eigenvalue weighted by Crippen LogP contribution is 2.28. The predicted octanol–water partition coefficient (Wildman–Crippen LogP) is -1.52. The summed E-state index contributed by atoms with van der Waals surface area (Å²) in [4.78, 5) is 39.8. The van der Waals surface area contributed by atoms with Crippen LogP contribution in [-0.2, 0) is 24.0 Å². The Labute approximate surface area is 153 Å². The van der Waals surface area contributed by atoms with Gasteiger partial charge in [0.25, 0.3) is 5.54 Å². The number of cyclic esters (lactones) is 1. The number of carboxylic acids is 1. The third kappa shape index (κ3) is 3.47. The number of carboxylic acid groups (broad SMARTS) is 1. The van der Waals surface area contributed by atoms with Gasteiger partial charge in [-0.25, -0.2) is 9.59 Å². The number of esters is 1. The molecule has 0 saturated carbocycles. The van der Waals surface area contributed by atoms with Crippen molar-refractivity contribution >= 4 is 23.7 Å². The second kappa shape index (κ2) is 6.95. The van der Waals surface area contributed by atoms with Crippen LogP contribution in [0.5, 0.6) is 0 Å². The third-order valence-electron chi connectivity index (χ3n) is 4.53. The fraction of sp³-hybridized carbons (Fsp3) is 0.375. The van der Waals surface area contributed by atoms with Crippen LogP contribution in [0.1, 0.15) is 30.0 Å². The van der Waals surface area contributed by atoms with Crippen LogP contribution in [0.4, 0.5) is 0 Å². The van der Waals surface area contributed by atoms with Crippen LogP contribution in [0.25, 0.3) is 0 Å². The first-order valence-corrected chi connectivity index (χ1v) is 8.10. The summed E-state index contributed by atoms with van der Waals surface area (Å²) in [6, 6.07) is 6.90. The van der Waals surface area contributed by atoms with Crippen molar-refractivity contribution in [3.63, 3.8) is 0 Å². The number of carbonyl (C=O) groups excluding carboxylic acids is 2. The number of rotatable bonds is 6. The van der Waals surface area contributed by atoms with Gasteiger partial charge in [0.15, 0.2) is 0 Å². The molecule has 0 aliphatic carbocycles. The Morgan fingerprint density at radius 2 is 2.04 bits per heavy atom. The quantitative estimate of drug-likeness (QED) is 0.148. The SMILES string of the molecule is N=C(N)c1ccc(C2C[C@@H](CC(=O)N[C@H]3OC(=O)C3(N)C(=O)O)ON2)cc1. The van der Waals surface area contributed by atoms with Crippen molar-refractivity contribution in [2.75, 3.05) is 0 Å². The highest BCUT2D eigenvalue weighted by atomic mass is 16.7. The van der Waals surface area contributed by atoms with Crippen molar-refractivity contribution in [3.8, 4) is 0 Å². The Morgan fingerprint density at radius 3 is 2.59 bits per heavy atom. The maximum Gasteiger partial charge on any atom is 0.345 e. The van der Waals surface area contributed by atoms with Gasteiger partial charge in [-0.05, 0) is 12.0 Å². The number of nitrogen functional groups attached to an aromatic ring is 1. The molecule has 1 amide bonds. The van der Waals surface area contributed by atoms with Crippen LogP contribution in [0.3, 0.4) is 0 Å². The molecule has 2 saturated heterocycles. The number of amidine groups is 1. The second-order valence-electron chi connectivity index (χ2n) is 6.41. The molecule has 2 aliphatic rings. The summed E-state index contributed by atoms with van der Waals surface area (Å²) in [6.07, 6.45) is -1.46. The molecule has 144 valence electrons. The maximum absolute atomic E-state index is 12.1. The molecule has 2 unspecified atom stereocenters. The third-order valence-corrected chi connectivity index (χ3v) is 4.53. The number of amides is 1. The highest BCUT2D eigenvalue weighted by Gasteiger charge is 2.62. The molecule has 11 nitrogen and oxygen atoms in total. The van der Waals surface area contributed by atoms with Crippen molar-refractivity contribution in [3.05, 3.63) is 35.4 Å². The van der Waals surface area contributed by atoms with E-state index in [0.29, 0.717) is 12.0 Å². The monoisotopic (exact) mass is 377 g/mol. The van der Waals surface area contributed by atoms with E-state index in [1.165, 1.54) is 0 Å². The van der Waals surface area contributed by atoms with Crippen molar-refractivity contribution in [2.24, 2.45) is 11.5 Å². The zero-order chi connectivity index (χ0) is 19.8.